The van der Waals surface area contributed by atoms with Crippen molar-refractivity contribution < 1.29 is 5.21 Å². The van der Waals surface area contributed by atoms with Gasteiger partial charge < -0.3 is 5.21 Å². The van der Waals surface area contributed by atoms with Crippen molar-refractivity contribution in [3.05, 3.63) is 35.9 Å². The van der Waals surface area contributed by atoms with Crippen molar-refractivity contribution >= 4 is 5.71 Å². The number of benzene rings is 1. The Bertz CT molecular complexity index is 358. The third kappa shape index (κ3) is 3.58. The molecule has 0 saturated heterocycles. The third-order valence-electron chi connectivity index (χ3n) is 3.66. The molecule has 1 fully saturated rings. The number of hydrogen-bond acceptors (Lipinski definition) is 2. The van der Waals surface area contributed by atoms with E-state index in [1.807, 2.05) is 6.07 Å². The van der Waals surface area contributed by atoms with Crippen LogP contribution in [0, 0.1) is 5.92 Å². The van der Waals surface area contributed by atoms with E-state index >= 15 is 0 Å². The Morgan fingerprint density at radius 3 is 2.59 bits per heavy atom. The van der Waals surface area contributed by atoms with Crippen molar-refractivity contribution in [3.8, 4) is 0 Å². The molecule has 0 aromatic heterocycles. The molecule has 1 unspecified atom stereocenters. The number of hydrogen-bond donors (Lipinski definition) is 1. The van der Waals surface area contributed by atoms with Crippen LogP contribution < -0.4 is 0 Å². The molecule has 0 amide bonds. The molecule has 1 N–H and O–H groups in total. The Hall–Kier alpha value is -1.31. The van der Waals surface area contributed by atoms with E-state index in [4.69, 9.17) is 5.21 Å². The van der Waals surface area contributed by atoms with Crippen molar-refractivity contribution in [2.24, 2.45) is 11.1 Å². The van der Waals surface area contributed by atoms with E-state index in [0.717, 1.165) is 25.0 Å². The Labute approximate surface area is 103 Å². The largest absolute Gasteiger partial charge is 0.411 e. The third-order valence-corrected chi connectivity index (χ3v) is 3.66. The number of oxime groups is 1. The fourth-order valence-corrected chi connectivity index (χ4v) is 2.67. The molecule has 0 spiro atoms. The minimum atomic E-state index is 0.433. The van der Waals surface area contributed by atoms with Gasteiger partial charge in [0.05, 0.1) is 5.71 Å². The quantitative estimate of drug-likeness (QED) is 0.605. The van der Waals surface area contributed by atoms with Gasteiger partial charge in [-0.1, -0.05) is 54.8 Å². The lowest BCUT2D eigenvalue weighted by molar-refractivity contribution is 0.310. The molecule has 0 heterocycles. The van der Waals surface area contributed by atoms with Crippen LogP contribution in [0.25, 0.3) is 0 Å². The Balaban J connectivity index is 2.05. The highest BCUT2D eigenvalue weighted by Gasteiger charge is 2.18. The van der Waals surface area contributed by atoms with Gasteiger partial charge >= 0.3 is 0 Å². The van der Waals surface area contributed by atoms with Gasteiger partial charge in [0.15, 0.2) is 0 Å². The number of nitrogens with zero attached hydrogens (tertiary/aromatic N) is 1. The second kappa shape index (κ2) is 6.43. The van der Waals surface area contributed by atoms with Crippen molar-refractivity contribution in [1.82, 2.24) is 0 Å². The van der Waals surface area contributed by atoms with Crippen LogP contribution in [0.4, 0.5) is 0 Å². The van der Waals surface area contributed by atoms with Crippen LogP contribution in [0.2, 0.25) is 0 Å². The zero-order valence-corrected chi connectivity index (χ0v) is 10.3. The standard InChI is InChI=1S/C15H21NO/c17-16-15-11-7-2-1-6-10-14(15)12-13-8-4-3-5-9-13/h3-5,8-9,14,17H,1-2,6-7,10-12H2/b16-15+. The van der Waals surface area contributed by atoms with Crippen LogP contribution in [0.5, 0.6) is 0 Å². The molecule has 1 aromatic rings. The smallest absolute Gasteiger partial charge is 0.0604 e. The first kappa shape index (κ1) is 12.2. The molecule has 2 rings (SSSR count). The minimum Gasteiger partial charge on any atom is -0.411 e. The van der Waals surface area contributed by atoms with Crippen LogP contribution in [-0.4, -0.2) is 10.9 Å². The monoisotopic (exact) mass is 231 g/mol. The molecule has 1 atom stereocenters. The molecule has 1 saturated carbocycles. The topological polar surface area (TPSA) is 32.6 Å². The van der Waals surface area contributed by atoms with Gasteiger partial charge in [-0.2, -0.15) is 0 Å². The average molecular weight is 231 g/mol. The van der Waals surface area contributed by atoms with E-state index in [-0.39, 0.29) is 0 Å². The highest BCUT2D eigenvalue weighted by Crippen LogP contribution is 2.23. The molecule has 0 radical (unpaired) electrons. The van der Waals surface area contributed by atoms with Gasteiger partial charge in [0.25, 0.3) is 0 Å². The first-order valence-corrected chi connectivity index (χ1v) is 6.65. The van der Waals surface area contributed by atoms with Crippen LogP contribution in [-0.2, 0) is 6.42 Å². The summed E-state index contributed by atoms with van der Waals surface area (Å²) in [5.74, 6) is 0.433. The molecule has 1 aromatic carbocycles. The van der Waals surface area contributed by atoms with E-state index in [2.05, 4.69) is 29.4 Å². The molecule has 0 aliphatic heterocycles. The Morgan fingerprint density at radius 2 is 1.82 bits per heavy atom. The molecule has 17 heavy (non-hydrogen) atoms. The Morgan fingerprint density at radius 1 is 1.06 bits per heavy atom. The van der Waals surface area contributed by atoms with Gasteiger partial charge in [0.1, 0.15) is 0 Å². The van der Waals surface area contributed by atoms with E-state index in [1.165, 1.54) is 31.2 Å². The minimum absolute atomic E-state index is 0.433. The summed E-state index contributed by atoms with van der Waals surface area (Å²) in [5, 5.41) is 12.7. The second-order valence-electron chi connectivity index (χ2n) is 4.93. The van der Waals surface area contributed by atoms with Gasteiger partial charge in [-0.3, -0.25) is 0 Å². The molecule has 2 heteroatoms. The van der Waals surface area contributed by atoms with E-state index in [1.54, 1.807) is 0 Å². The zero-order valence-electron chi connectivity index (χ0n) is 10.3. The van der Waals surface area contributed by atoms with Crippen molar-refractivity contribution in [3.63, 3.8) is 0 Å². The van der Waals surface area contributed by atoms with Crippen LogP contribution in [0.3, 0.4) is 0 Å². The van der Waals surface area contributed by atoms with Gasteiger partial charge in [-0.15, -0.1) is 0 Å². The lowest BCUT2D eigenvalue weighted by atomic mass is 9.85. The summed E-state index contributed by atoms with van der Waals surface area (Å²) in [7, 11) is 0. The summed E-state index contributed by atoms with van der Waals surface area (Å²) in [6.45, 7) is 0. The predicted molar refractivity (Wildman–Crippen MR) is 70.6 cm³/mol. The molecule has 0 bridgehead atoms. The van der Waals surface area contributed by atoms with Crippen LogP contribution in [0.1, 0.15) is 44.1 Å². The first-order chi connectivity index (χ1) is 8.40. The van der Waals surface area contributed by atoms with E-state index in [9.17, 15) is 0 Å². The van der Waals surface area contributed by atoms with E-state index < -0.39 is 0 Å². The van der Waals surface area contributed by atoms with Crippen LogP contribution >= 0.6 is 0 Å². The average Bonchev–Trinajstić information content (AvgIpc) is 2.34. The Kier molecular flexibility index (Phi) is 4.60. The van der Waals surface area contributed by atoms with Gasteiger partial charge in [-0.05, 0) is 31.2 Å². The first-order valence-electron chi connectivity index (χ1n) is 6.65. The summed E-state index contributed by atoms with van der Waals surface area (Å²) in [6.07, 6.45) is 8.17. The fourth-order valence-electron chi connectivity index (χ4n) is 2.67. The fraction of sp³-hybridized carbons (Fsp3) is 0.533. The lowest BCUT2D eigenvalue weighted by Crippen LogP contribution is -2.19. The molecule has 2 nitrogen and oxygen atoms in total. The lowest BCUT2D eigenvalue weighted by Gasteiger charge is -2.20. The van der Waals surface area contributed by atoms with Crippen molar-refractivity contribution in [1.29, 1.82) is 0 Å². The normalized spacial score (nSPS) is 24.2. The summed E-state index contributed by atoms with van der Waals surface area (Å²) in [4.78, 5) is 0. The van der Waals surface area contributed by atoms with Crippen LogP contribution in [0.15, 0.2) is 35.5 Å². The molecular weight excluding hydrogens is 210 g/mol. The maximum atomic E-state index is 9.14. The van der Waals surface area contributed by atoms with Gasteiger partial charge in [0, 0.05) is 5.92 Å². The summed E-state index contributed by atoms with van der Waals surface area (Å²) < 4.78 is 0. The maximum Gasteiger partial charge on any atom is 0.0604 e. The van der Waals surface area contributed by atoms with E-state index in [0.29, 0.717) is 5.92 Å². The summed E-state index contributed by atoms with van der Waals surface area (Å²) in [5.41, 5.74) is 2.35. The van der Waals surface area contributed by atoms with Gasteiger partial charge in [-0.25, -0.2) is 0 Å². The zero-order chi connectivity index (χ0) is 11.9. The van der Waals surface area contributed by atoms with Crippen molar-refractivity contribution in [2.75, 3.05) is 0 Å². The molecule has 1 aliphatic rings. The highest BCUT2D eigenvalue weighted by molar-refractivity contribution is 5.86. The predicted octanol–water partition coefficient (Wildman–Crippen LogP) is 4.03. The highest BCUT2D eigenvalue weighted by atomic mass is 16.4. The van der Waals surface area contributed by atoms with Gasteiger partial charge in [0.2, 0.25) is 0 Å². The van der Waals surface area contributed by atoms with Crippen molar-refractivity contribution in [2.45, 2.75) is 44.9 Å². The molecule has 92 valence electrons. The number of rotatable bonds is 2. The summed E-state index contributed by atoms with van der Waals surface area (Å²) >= 11 is 0. The maximum absolute atomic E-state index is 9.14. The summed E-state index contributed by atoms with van der Waals surface area (Å²) in [6, 6.07) is 10.5. The SMILES string of the molecule is O/N=C1\CCCCCCC1Cc1ccccc1. The molecule has 1 aliphatic carbocycles. The molecular formula is C15H21NO. The second-order valence-corrected chi connectivity index (χ2v) is 4.93.